The summed E-state index contributed by atoms with van der Waals surface area (Å²) in [6.45, 7) is 3.12. The number of halogens is 1. The van der Waals surface area contributed by atoms with Gasteiger partial charge in [-0.25, -0.2) is 4.39 Å². The third-order valence-electron chi connectivity index (χ3n) is 6.52. The van der Waals surface area contributed by atoms with Gasteiger partial charge in [-0.1, -0.05) is 6.92 Å². The Bertz CT molecular complexity index is 831. The molecule has 2 saturated heterocycles. The fraction of sp³-hybridized carbons (Fsp3) is 0.526. The summed E-state index contributed by atoms with van der Waals surface area (Å²) in [6.07, 6.45) is 4.65. The van der Waals surface area contributed by atoms with Crippen LogP contribution in [0.15, 0.2) is 24.3 Å². The molecule has 2 aromatic rings. The summed E-state index contributed by atoms with van der Waals surface area (Å²) >= 11 is 0. The van der Waals surface area contributed by atoms with E-state index in [2.05, 4.69) is 22.1 Å². The van der Waals surface area contributed by atoms with E-state index in [-0.39, 0.29) is 17.1 Å². The molecule has 0 spiro atoms. The standard InChI is InChI=1S/C19H22FN3O/c1-19-9-13-10-23(17(19)4-2-3-16(19)21-13)18(24)15-8-11-7-12(20)5-6-14(11)22-15/h5-8,13,16-17,21-22H,2-4,9-10H2,1H3/t13-,16-,17+,19-/m0/s1. The summed E-state index contributed by atoms with van der Waals surface area (Å²) in [5.74, 6) is -0.222. The molecule has 2 bridgehead atoms. The van der Waals surface area contributed by atoms with Crippen LogP contribution in [0.5, 0.6) is 0 Å². The van der Waals surface area contributed by atoms with Gasteiger partial charge in [-0.15, -0.1) is 0 Å². The van der Waals surface area contributed by atoms with Crippen molar-refractivity contribution in [2.75, 3.05) is 6.54 Å². The normalized spacial score (nSPS) is 34.8. The van der Waals surface area contributed by atoms with E-state index in [1.165, 1.54) is 31.4 Å². The Balaban J connectivity index is 1.51. The van der Waals surface area contributed by atoms with Crippen LogP contribution in [-0.2, 0) is 0 Å². The summed E-state index contributed by atoms with van der Waals surface area (Å²) < 4.78 is 13.4. The van der Waals surface area contributed by atoms with Crippen molar-refractivity contribution in [2.24, 2.45) is 5.41 Å². The molecule has 0 unspecified atom stereocenters. The molecule has 1 aromatic carbocycles. The average Bonchev–Trinajstić information content (AvgIpc) is 3.11. The van der Waals surface area contributed by atoms with Crippen LogP contribution in [0.2, 0.25) is 0 Å². The number of nitrogens with zero attached hydrogens (tertiary/aromatic N) is 1. The third kappa shape index (κ3) is 1.91. The molecule has 3 fully saturated rings. The highest BCUT2D eigenvalue weighted by molar-refractivity contribution is 5.98. The molecular weight excluding hydrogens is 305 g/mol. The summed E-state index contributed by atoms with van der Waals surface area (Å²) in [5, 5.41) is 4.50. The maximum Gasteiger partial charge on any atom is 0.270 e. The Labute approximate surface area is 140 Å². The lowest BCUT2D eigenvalue weighted by Gasteiger charge is -2.50. The van der Waals surface area contributed by atoms with Crippen molar-refractivity contribution in [1.82, 2.24) is 15.2 Å². The van der Waals surface area contributed by atoms with Gasteiger partial charge in [0.2, 0.25) is 0 Å². The summed E-state index contributed by atoms with van der Waals surface area (Å²) in [6, 6.07) is 7.62. The van der Waals surface area contributed by atoms with E-state index in [9.17, 15) is 9.18 Å². The minimum atomic E-state index is -0.275. The molecule has 0 radical (unpaired) electrons. The number of aromatic amines is 1. The van der Waals surface area contributed by atoms with E-state index in [1.807, 2.05) is 0 Å². The summed E-state index contributed by atoms with van der Waals surface area (Å²) in [7, 11) is 0. The van der Waals surface area contributed by atoms with E-state index in [1.54, 1.807) is 12.1 Å². The third-order valence-corrected chi connectivity index (χ3v) is 6.52. The molecule has 4 nitrogen and oxygen atoms in total. The predicted octanol–water partition coefficient (Wildman–Crippen LogP) is 3.05. The first kappa shape index (κ1) is 14.5. The van der Waals surface area contributed by atoms with Gasteiger partial charge < -0.3 is 15.2 Å². The topological polar surface area (TPSA) is 48.1 Å². The quantitative estimate of drug-likeness (QED) is 0.846. The van der Waals surface area contributed by atoms with Crippen LogP contribution in [0.4, 0.5) is 4.39 Å². The first-order valence-corrected chi connectivity index (χ1v) is 8.90. The van der Waals surface area contributed by atoms with Crippen molar-refractivity contribution in [1.29, 1.82) is 0 Å². The fourth-order valence-electron chi connectivity index (χ4n) is 5.43. The van der Waals surface area contributed by atoms with Crippen LogP contribution < -0.4 is 5.32 Å². The van der Waals surface area contributed by atoms with Crippen molar-refractivity contribution in [3.05, 3.63) is 35.8 Å². The Kier molecular flexibility index (Phi) is 2.90. The Hall–Kier alpha value is -1.88. The highest BCUT2D eigenvalue weighted by Crippen LogP contribution is 2.50. The summed E-state index contributed by atoms with van der Waals surface area (Å²) in [4.78, 5) is 18.4. The second-order valence-corrected chi connectivity index (χ2v) is 7.94. The van der Waals surface area contributed by atoms with E-state index < -0.39 is 0 Å². The number of H-pyrrole nitrogens is 1. The van der Waals surface area contributed by atoms with Crippen molar-refractivity contribution < 1.29 is 9.18 Å². The molecule has 1 amide bonds. The second kappa shape index (κ2) is 4.82. The van der Waals surface area contributed by atoms with Gasteiger partial charge in [0, 0.05) is 41.0 Å². The average molecular weight is 327 g/mol. The van der Waals surface area contributed by atoms with Gasteiger partial charge in [0.25, 0.3) is 5.91 Å². The van der Waals surface area contributed by atoms with Crippen LogP contribution in [0.3, 0.4) is 0 Å². The molecule has 3 aliphatic rings. The van der Waals surface area contributed by atoms with Gasteiger partial charge in [-0.3, -0.25) is 4.79 Å². The molecular formula is C19H22FN3O. The number of piperidine rings is 1. The molecule has 2 aliphatic heterocycles. The van der Waals surface area contributed by atoms with Crippen LogP contribution in [0.1, 0.15) is 43.1 Å². The smallest absolute Gasteiger partial charge is 0.270 e. The number of benzene rings is 1. The SMILES string of the molecule is C[C@@]12C[C@H]3CN(C(=O)c4cc5cc(F)ccc5[nH]4)[C@@H]1CCC[C@@H]2N3. The van der Waals surface area contributed by atoms with Crippen molar-refractivity contribution in [3.8, 4) is 0 Å². The number of amides is 1. The van der Waals surface area contributed by atoms with Gasteiger partial charge in [0.15, 0.2) is 0 Å². The second-order valence-electron chi connectivity index (χ2n) is 7.94. The molecule has 126 valence electrons. The Morgan fingerprint density at radius 1 is 1.33 bits per heavy atom. The monoisotopic (exact) mass is 327 g/mol. The first-order chi connectivity index (χ1) is 11.5. The molecule has 2 N–H and O–H groups in total. The van der Waals surface area contributed by atoms with Crippen LogP contribution in [0.25, 0.3) is 10.9 Å². The van der Waals surface area contributed by atoms with E-state index in [0.717, 1.165) is 23.9 Å². The molecule has 3 heterocycles. The van der Waals surface area contributed by atoms with E-state index >= 15 is 0 Å². The minimum absolute atomic E-state index is 0.0527. The first-order valence-electron chi connectivity index (χ1n) is 8.90. The lowest BCUT2D eigenvalue weighted by atomic mass is 9.66. The highest BCUT2D eigenvalue weighted by Gasteiger charge is 2.56. The number of carbonyl (C=O) groups excluding carboxylic acids is 1. The number of hydrogen-bond donors (Lipinski definition) is 2. The zero-order valence-electron chi connectivity index (χ0n) is 13.8. The maximum absolute atomic E-state index is 13.4. The van der Waals surface area contributed by atoms with E-state index in [0.29, 0.717) is 23.8 Å². The number of likely N-dealkylation sites (tertiary alicyclic amines) is 1. The zero-order chi connectivity index (χ0) is 16.5. The number of fused-ring (bicyclic) bond motifs is 2. The van der Waals surface area contributed by atoms with Crippen molar-refractivity contribution in [3.63, 3.8) is 0 Å². The van der Waals surface area contributed by atoms with E-state index in [4.69, 9.17) is 0 Å². The fourth-order valence-corrected chi connectivity index (χ4v) is 5.43. The van der Waals surface area contributed by atoms with Gasteiger partial charge in [-0.2, -0.15) is 0 Å². The van der Waals surface area contributed by atoms with Crippen LogP contribution >= 0.6 is 0 Å². The lowest BCUT2D eigenvalue weighted by molar-refractivity contribution is 0.0127. The molecule has 5 heteroatoms. The number of rotatable bonds is 1. The zero-order valence-corrected chi connectivity index (χ0v) is 13.8. The number of carbonyl (C=O) groups is 1. The van der Waals surface area contributed by atoms with Gasteiger partial charge in [0.1, 0.15) is 11.5 Å². The van der Waals surface area contributed by atoms with Crippen molar-refractivity contribution >= 4 is 16.8 Å². The molecule has 1 saturated carbocycles. The van der Waals surface area contributed by atoms with Gasteiger partial charge in [-0.05, 0) is 49.9 Å². The Morgan fingerprint density at radius 3 is 3.08 bits per heavy atom. The van der Waals surface area contributed by atoms with Crippen LogP contribution in [0, 0.1) is 11.2 Å². The molecule has 5 rings (SSSR count). The molecule has 1 aromatic heterocycles. The number of nitrogens with one attached hydrogen (secondary N) is 2. The lowest BCUT2D eigenvalue weighted by Crippen LogP contribution is -2.57. The predicted molar refractivity (Wildman–Crippen MR) is 90.4 cm³/mol. The highest BCUT2D eigenvalue weighted by atomic mass is 19.1. The van der Waals surface area contributed by atoms with Crippen molar-refractivity contribution in [2.45, 2.75) is 50.7 Å². The molecule has 24 heavy (non-hydrogen) atoms. The minimum Gasteiger partial charge on any atom is -0.351 e. The molecule has 4 atom stereocenters. The number of aromatic nitrogens is 1. The summed E-state index contributed by atoms with van der Waals surface area (Å²) in [5.41, 5.74) is 1.57. The largest absolute Gasteiger partial charge is 0.351 e. The number of hydrogen-bond acceptors (Lipinski definition) is 2. The molecule has 1 aliphatic carbocycles. The Morgan fingerprint density at radius 2 is 2.21 bits per heavy atom. The van der Waals surface area contributed by atoms with Crippen LogP contribution in [-0.4, -0.2) is 40.5 Å². The maximum atomic E-state index is 13.4. The van der Waals surface area contributed by atoms with Gasteiger partial charge in [0.05, 0.1) is 0 Å². The van der Waals surface area contributed by atoms with Gasteiger partial charge >= 0.3 is 0 Å².